The second-order valence-electron chi connectivity index (χ2n) is 5.42. The normalized spacial score (nSPS) is 11.9. The Bertz CT molecular complexity index is 979. The van der Waals surface area contributed by atoms with Crippen molar-refractivity contribution in [2.45, 2.75) is 19.6 Å². The number of hydrogen-bond donors (Lipinski definition) is 0. The summed E-state index contributed by atoms with van der Waals surface area (Å²) in [6.45, 7) is 1.46. The quantitative estimate of drug-likeness (QED) is 0.704. The van der Waals surface area contributed by atoms with Crippen LogP contribution in [0.15, 0.2) is 41.2 Å². The molecule has 0 N–H and O–H groups in total. The van der Waals surface area contributed by atoms with Crippen LogP contribution < -0.4 is 10.3 Å². The number of alkyl halides is 3. The van der Waals surface area contributed by atoms with Gasteiger partial charge in [0, 0.05) is 11.1 Å². The van der Waals surface area contributed by atoms with E-state index in [4.69, 9.17) is 16.3 Å². The van der Waals surface area contributed by atoms with E-state index >= 15 is 0 Å². The zero-order chi connectivity index (χ0) is 18.2. The van der Waals surface area contributed by atoms with Gasteiger partial charge in [0.05, 0.1) is 6.54 Å². The lowest BCUT2D eigenvalue weighted by Crippen LogP contribution is -2.18. The Morgan fingerprint density at radius 2 is 2.00 bits per heavy atom. The molecule has 0 aliphatic carbocycles. The fourth-order valence-corrected chi connectivity index (χ4v) is 2.65. The maximum Gasteiger partial charge on any atom is 0.451 e. The van der Waals surface area contributed by atoms with Gasteiger partial charge in [-0.3, -0.25) is 4.79 Å². The van der Waals surface area contributed by atoms with Crippen molar-refractivity contribution in [1.82, 2.24) is 14.2 Å². The van der Waals surface area contributed by atoms with Crippen LogP contribution in [0.4, 0.5) is 13.2 Å². The van der Waals surface area contributed by atoms with Crippen molar-refractivity contribution in [2.24, 2.45) is 0 Å². The van der Waals surface area contributed by atoms with Gasteiger partial charge < -0.3 is 9.30 Å². The minimum atomic E-state index is -4.69. The Kier molecular flexibility index (Phi) is 4.47. The minimum Gasteiger partial charge on any atom is -0.492 e. The van der Waals surface area contributed by atoms with Crippen molar-refractivity contribution >= 4 is 17.2 Å². The molecule has 1 aromatic carbocycles. The molecule has 2 aromatic heterocycles. The predicted octanol–water partition coefficient (Wildman–Crippen LogP) is 3.56. The average molecular weight is 372 g/mol. The minimum absolute atomic E-state index is 0.0441. The van der Waals surface area contributed by atoms with Gasteiger partial charge in [0.1, 0.15) is 18.0 Å². The smallest absolute Gasteiger partial charge is 0.451 e. The summed E-state index contributed by atoms with van der Waals surface area (Å²) in [5.74, 6) is -0.705. The van der Waals surface area contributed by atoms with Gasteiger partial charge in [0.2, 0.25) is 5.82 Å². The number of benzene rings is 1. The monoisotopic (exact) mass is 371 g/mol. The van der Waals surface area contributed by atoms with E-state index in [0.29, 0.717) is 16.3 Å². The number of fused-ring (bicyclic) bond motifs is 1. The molecule has 0 saturated carbocycles. The second-order valence-corrected chi connectivity index (χ2v) is 5.86. The van der Waals surface area contributed by atoms with Gasteiger partial charge in [-0.05, 0) is 36.8 Å². The van der Waals surface area contributed by atoms with Crippen LogP contribution in [0.3, 0.4) is 0 Å². The largest absolute Gasteiger partial charge is 0.492 e. The third-order valence-corrected chi connectivity index (χ3v) is 3.73. The summed E-state index contributed by atoms with van der Waals surface area (Å²) in [5, 5.41) is 3.89. The maximum absolute atomic E-state index is 13.3. The summed E-state index contributed by atoms with van der Waals surface area (Å²) in [7, 11) is 0. The van der Waals surface area contributed by atoms with Crippen LogP contribution >= 0.6 is 11.6 Å². The van der Waals surface area contributed by atoms with Crippen molar-refractivity contribution in [3.63, 3.8) is 0 Å². The highest BCUT2D eigenvalue weighted by Crippen LogP contribution is 2.29. The first-order valence-corrected chi connectivity index (χ1v) is 7.69. The molecule has 0 aliphatic heterocycles. The number of rotatable bonds is 4. The first-order chi connectivity index (χ1) is 11.8. The first kappa shape index (κ1) is 17.3. The topological polar surface area (TPSA) is 48.5 Å². The van der Waals surface area contributed by atoms with Crippen LogP contribution in [0.2, 0.25) is 5.02 Å². The van der Waals surface area contributed by atoms with Crippen molar-refractivity contribution in [1.29, 1.82) is 0 Å². The standard InChI is InChI=1S/C16H13ClF3N3O2/c1-10-7-13-22(5-6-25-12-4-2-3-11(17)9-12)15(16(18,19)20)21-23(13)14(24)8-10/h2-4,7-9H,5-6H2,1H3. The van der Waals surface area contributed by atoms with Crippen LogP contribution in [0.1, 0.15) is 11.4 Å². The van der Waals surface area contributed by atoms with Crippen molar-refractivity contribution in [3.05, 3.63) is 63.2 Å². The molecule has 5 nitrogen and oxygen atoms in total. The molecule has 0 aliphatic rings. The van der Waals surface area contributed by atoms with E-state index < -0.39 is 17.6 Å². The molecule has 0 atom stereocenters. The molecule has 9 heteroatoms. The summed E-state index contributed by atoms with van der Waals surface area (Å²) in [5.41, 5.74) is -0.00216. The molecule has 0 fully saturated rings. The molecular weight excluding hydrogens is 359 g/mol. The van der Waals surface area contributed by atoms with E-state index in [2.05, 4.69) is 5.10 Å². The molecule has 3 rings (SSSR count). The average Bonchev–Trinajstić information content (AvgIpc) is 2.87. The van der Waals surface area contributed by atoms with Gasteiger partial charge in [-0.2, -0.15) is 17.7 Å². The highest BCUT2D eigenvalue weighted by Gasteiger charge is 2.38. The maximum atomic E-state index is 13.3. The third kappa shape index (κ3) is 3.63. The second kappa shape index (κ2) is 6.44. The van der Waals surface area contributed by atoms with Crippen LogP contribution in [0.5, 0.6) is 5.75 Å². The van der Waals surface area contributed by atoms with E-state index in [1.54, 1.807) is 31.2 Å². The molecule has 0 bridgehead atoms. The molecule has 0 saturated heterocycles. The Labute approximate surface area is 145 Å². The number of halogens is 4. The van der Waals surface area contributed by atoms with E-state index in [1.165, 1.54) is 12.1 Å². The summed E-state index contributed by atoms with van der Waals surface area (Å²) >= 11 is 5.84. The van der Waals surface area contributed by atoms with E-state index in [0.717, 1.165) is 9.08 Å². The Balaban J connectivity index is 1.95. The number of aryl methyl sites for hydroxylation is 1. The number of aromatic nitrogens is 3. The van der Waals surface area contributed by atoms with Crippen LogP contribution in [-0.4, -0.2) is 20.8 Å². The molecule has 2 heterocycles. The Morgan fingerprint density at radius 1 is 1.24 bits per heavy atom. The lowest BCUT2D eigenvalue weighted by atomic mass is 10.3. The molecule has 0 spiro atoms. The number of nitrogens with zero attached hydrogens (tertiary/aromatic N) is 3. The van der Waals surface area contributed by atoms with E-state index in [1.807, 2.05) is 0 Å². The number of pyridine rings is 1. The van der Waals surface area contributed by atoms with Crippen molar-refractivity contribution in [3.8, 4) is 5.75 Å². The van der Waals surface area contributed by atoms with Crippen LogP contribution in [0, 0.1) is 6.92 Å². The lowest BCUT2D eigenvalue weighted by Gasteiger charge is -2.11. The summed E-state index contributed by atoms with van der Waals surface area (Å²) in [6.07, 6.45) is -4.69. The van der Waals surface area contributed by atoms with Gasteiger partial charge in [-0.25, -0.2) is 0 Å². The summed E-state index contributed by atoms with van der Waals surface area (Å²) < 4.78 is 46.9. The molecule has 25 heavy (non-hydrogen) atoms. The highest BCUT2D eigenvalue weighted by molar-refractivity contribution is 6.30. The Morgan fingerprint density at radius 3 is 2.68 bits per heavy atom. The van der Waals surface area contributed by atoms with Gasteiger partial charge in [0.15, 0.2) is 0 Å². The molecule has 0 amide bonds. The number of hydrogen-bond acceptors (Lipinski definition) is 3. The summed E-state index contributed by atoms with van der Waals surface area (Å²) in [6, 6.07) is 9.25. The fourth-order valence-electron chi connectivity index (χ4n) is 2.47. The Hall–Kier alpha value is -2.48. The number of ether oxygens (including phenoxy) is 1. The van der Waals surface area contributed by atoms with Gasteiger partial charge in [0.25, 0.3) is 5.56 Å². The van der Waals surface area contributed by atoms with Gasteiger partial charge in [-0.15, -0.1) is 5.10 Å². The summed E-state index contributed by atoms with van der Waals surface area (Å²) in [4.78, 5) is 11.9. The first-order valence-electron chi connectivity index (χ1n) is 7.31. The van der Waals surface area contributed by atoms with Crippen LogP contribution in [0.25, 0.3) is 5.65 Å². The van der Waals surface area contributed by atoms with Gasteiger partial charge >= 0.3 is 6.18 Å². The van der Waals surface area contributed by atoms with E-state index in [9.17, 15) is 18.0 Å². The SMILES string of the molecule is Cc1cc(=O)n2nc(C(F)(F)F)n(CCOc3cccc(Cl)c3)c2c1. The lowest BCUT2D eigenvalue weighted by molar-refractivity contribution is -0.147. The predicted molar refractivity (Wildman–Crippen MR) is 86.1 cm³/mol. The van der Waals surface area contributed by atoms with Crippen molar-refractivity contribution < 1.29 is 17.9 Å². The zero-order valence-electron chi connectivity index (χ0n) is 13.0. The van der Waals surface area contributed by atoms with Gasteiger partial charge in [-0.1, -0.05) is 17.7 Å². The van der Waals surface area contributed by atoms with Crippen molar-refractivity contribution in [2.75, 3.05) is 6.61 Å². The fraction of sp³-hybridized carbons (Fsp3) is 0.250. The van der Waals surface area contributed by atoms with E-state index in [-0.39, 0.29) is 18.8 Å². The molecule has 132 valence electrons. The third-order valence-electron chi connectivity index (χ3n) is 3.49. The molecular formula is C16H13ClF3N3O2. The highest BCUT2D eigenvalue weighted by atomic mass is 35.5. The zero-order valence-corrected chi connectivity index (χ0v) is 13.8. The van der Waals surface area contributed by atoms with Crippen LogP contribution in [-0.2, 0) is 12.7 Å². The molecule has 0 unspecified atom stereocenters. The molecule has 0 radical (unpaired) electrons. The molecule has 3 aromatic rings.